The zero-order chi connectivity index (χ0) is 17.4. The van der Waals surface area contributed by atoms with Crippen molar-refractivity contribution in [1.29, 1.82) is 0 Å². The second-order valence-electron chi connectivity index (χ2n) is 5.60. The van der Waals surface area contributed by atoms with Crippen LogP contribution in [0.5, 0.6) is 0 Å². The molecule has 0 N–H and O–H groups in total. The Hall–Kier alpha value is -2.44. The van der Waals surface area contributed by atoms with E-state index in [0.717, 1.165) is 6.42 Å². The number of esters is 1. The van der Waals surface area contributed by atoms with Crippen molar-refractivity contribution in [3.05, 3.63) is 39.9 Å². The van der Waals surface area contributed by atoms with Gasteiger partial charge in [-0.05, 0) is 24.5 Å². The Morgan fingerprint density at radius 1 is 1.22 bits per heavy atom. The van der Waals surface area contributed by atoms with Gasteiger partial charge in [-0.25, -0.2) is 0 Å². The van der Waals surface area contributed by atoms with Crippen LogP contribution in [0.25, 0.3) is 0 Å². The Morgan fingerprint density at radius 2 is 1.83 bits per heavy atom. The van der Waals surface area contributed by atoms with Gasteiger partial charge in [-0.2, -0.15) is 0 Å². The summed E-state index contributed by atoms with van der Waals surface area (Å²) >= 11 is 0. The molecule has 0 bridgehead atoms. The van der Waals surface area contributed by atoms with Crippen molar-refractivity contribution >= 4 is 17.6 Å². The molecular weight excluding hydrogens is 300 g/mol. The topological polar surface area (TPSA) is 89.8 Å². The molecule has 126 valence electrons. The summed E-state index contributed by atoms with van der Waals surface area (Å²) in [5.74, 6) is -0.208. The largest absolute Gasteiger partial charge is 0.469 e. The lowest BCUT2D eigenvalue weighted by Gasteiger charge is -2.23. The van der Waals surface area contributed by atoms with Crippen molar-refractivity contribution in [2.24, 2.45) is 5.92 Å². The molecule has 0 unspecified atom stereocenters. The van der Waals surface area contributed by atoms with Crippen LogP contribution in [0, 0.1) is 16.0 Å². The number of hydrogen-bond acceptors (Lipinski definition) is 5. The van der Waals surface area contributed by atoms with E-state index in [0.29, 0.717) is 18.0 Å². The minimum absolute atomic E-state index is 0.0650. The van der Waals surface area contributed by atoms with Crippen LogP contribution in [-0.2, 0) is 9.53 Å². The number of nitrogens with zero attached hydrogens (tertiary/aromatic N) is 2. The van der Waals surface area contributed by atoms with Gasteiger partial charge in [0.1, 0.15) is 0 Å². The third-order valence-electron chi connectivity index (χ3n) is 3.40. The number of nitro benzene ring substituents is 1. The number of nitro groups is 1. The van der Waals surface area contributed by atoms with E-state index < -0.39 is 4.92 Å². The summed E-state index contributed by atoms with van der Waals surface area (Å²) < 4.78 is 4.60. The van der Waals surface area contributed by atoms with Crippen molar-refractivity contribution in [1.82, 2.24) is 4.90 Å². The van der Waals surface area contributed by atoms with Gasteiger partial charge in [-0.3, -0.25) is 19.7 Å². The van der Waals surface area contributed by atoms with E-state index in [1.807, 2.05) is 0 Å². The zero-order valence-corrected chi connectivity index (χ0v) is 13.7. The Balaban J connectivity index is 2.83. The fraction of sp³-hybridized carbons (Fsp3) is 0.500. The number of methoxy groups -OCH3 is 1. The lowest BCUT2D eigenvalue weighted by atomic mass is 10.1. The molecule has 0 saturated carbocycles. The summed E-state index contributed by atoms with van der Waals surface area (Å²) in [6.45, 7) is 4.88. The van der Waals surface area contributed by atoms with Crippen LogP contribution in [0.4, 0.5) is 5.69 Å². The van der Waals surface area contributed by atoms with Gasteiger partial charge in [0.2, 0.25) is 0 Å². The molecule has 0 atom stereocenters. The third-order valence-corrected chi connectivity index (χ3v) is 3.40. The predicted molar refractivity (Wildman–Crippen MR) is 85.1 cm³/mol. The molecule has 1 aromatic carbocycles. The summed E-state index contributed by atoms with van der Waals surface area (Å²) in [5, 5.41) is 10.7. The van der Waals surface area contributed by atoms with Gasteiger partial charge < -0.3 is 9.64 Å². The predicted octanol–water partition coefficient (Wildman–Crippen LogP) is 2.65. The maximum absolute atomic E-state index is 12.5. The fourth-order valence-electron chi connectivity index (χ4n) is 1.97. The Morgan fingerprint density at radius 3 is 2.30 bits per heavy atom. The molecule has 1 amide bonds. The molecule has 0 heterocycles. The van der Waals surface area contributed by atoms with Crippen LogP contribution in [0.15, 0.2) is 24.3 Å². The monoisotopic (exact) mass is 322 g/mol. The smallest absolute Gasteiger partial charge is 0.307 e. The van der Waals surface area contributed by atoms with Gasteiger partial charge >= 0.3 is 5.97 Å². The molecule has 0 fully saturated rings. The first-order valence-corrected chi connectivity index (χ1v) is 7.45. The molecule has 7 heteroatoms. The fourth-order valence-corrected chi connectivity index (χ4v) is 1.97. The summed E-state index contributed by atoms with van der Waals surface area (Å²) in [7, 11) is 1.30. The quantitative estimate of drug-likeness (QED) is 0.417. The summed E-state index contributed by atoms with van der Waals surface area (Å²) in [6, 6.07) is 5.46. The van der Waals surface area contributed by atoms with Crippen molar-refractivity contribution in [2.75, 3.05) is 20.2 Å². The highest BCUT2D eigenvalue weighted by Gasteiger charge is 2.18. The highest BCUT2D eigenvalue weighted by molar-refractivity contribution is 5.94. The van der Waals surface area contributed by atoms with E-state index >= 15 is 0 Å². The van der Waals surface area contributed by atoms with Crippen LogP contribution in [0.3, 0.4) is 0 Å². The normalized spacial score (nSPS) is 10.4. The number of carbonyl (C=O) groups excluding carboxylic acids is 2. The standard InChI is InChI=1S/C16H22N2O5/c1-12(2)8-10-17(11-9-15(19)23-3)16(20)13-4-6-14(7-5-13)18(21)22/h4-7,12H,8-11H2,1-3H3. The Kier molecular flexibility index (Phi) is 7.18. The molecule has 1 rings (SSSR count). The number of ether oxygens (including phenoxy) is 1. The van der Waals surface area contributed by atoms with Crippen LogP contribution in [-0.4, -0.2) is 41.9 Å². The van der Waals surface area contributed by atoms with Gasteiger partial charge in [-0.15, -0.1) is 0 Å². The molecule has 0 aromatic heterocycles. The first-order chi connectivity index (χ1) is 10.8. The highest BCUT2D eigenvalue weighted by atomic mass is 16.6. The van der Waals surface area contributed by atoms with Gasteiger partial charge in [0.05, 0.1) is 18.5 Å². The summed E-state index contributed by atoms with van der Waals surface area (Å²) in [4.78, 5) is 35.6. The van der Waals surface area contributed by atoms with E-state index in [1.165, 1.54) is 31.4 Å². The van der Waals surface area contributed by atoms with Crippen LogP contribution in [0.1, 0.15) is 37.0 Å². The van der Waals surface area contributed by atoms with Gasteiger partial charge in [0.25, 0.3) is 11.6 Å². The molecular formula is C16H22N2O5. The van der Waals surface area contributed by atoms with Crippen molar-refractivity contribution in [2.45, 2.75) is 26.7 Å². The third kappa shape index (κ3) is 6.06. The Labute approximate surface area is 135 Å². The molecule has 0 aliphatic heterocycles. The lowest BCUT2D eigenvalue weighted by Crippen LogP contribution is -2.34. The molecule has 0 radical (unpaired) electrons. The zero-order valence-electron chi connectivity index (χ0n) is 13.7. The molecule has 0 aliphatic rings. The van der Waals surface area contributed by atoms with E-state index in [-0.39, 0.29) is 30.5 Å². The highest BCUT2D eigenvalue weighted by Crippen LogP contribution is 2.15. The molecule has 0 spiro atoms. The second kappa shape index (κ2) is 8.87. The van der Waals surface area contributed by atoms with Crippen LogP contribution < -0.4 is 0 Å². The minimum Gasteiger partial charge on any atom is -0.469 e. The SMILES string of the molecule is COC(=O)CCN(CCC(C)C)C(=O)c1ccc([N+](=O)[O-])cc1. The molecule has 1 aromatic rings. The van der Waals surface area contributed by atoms with Crippen LogP contribution >= 0.6 is 0 Å². The second-order valence-corrected chi connectivity index (χ2v) is 5.60. The lowest BCUT2D eigenvalue weighted by molar-refractivity contribution is -0.384. The van der Waals surface area contributed by atoms with Crippen molar-refractivity contribution in [3.63, 3.8) is 0 Å². The average molecular weight is 322 g/mol. The van der Waals surface area contributed by atoms with Gasteiger partial charge in [0.15, 0.2) is 0 Å². The number of hydrogen-bond donors (Lipinski definition) is 0. The number of carbonyl (C=O) groups is 2. The molecule has 7 nitrogen and oxygen atoms in total. The maximum atomic E-state index is 12.5. The van der Waals surface area contributed by atoms with Crippen molar-refractivity contribution < 1.29 is 19.2 Å². The number of amides is 1. The number of non-ortho nitro benzene ring substituents is 1. The minimum atomic E-state index is -0.512. The Bertz CT molecular complexity index is 554. The van der Waals surface area contributed by atoms with E-state index in [4.69, 9.17) is 0 Å². The van der Waals surface area contributed by atoms with E-state index in [2.05, 4.69) is 18.6 Å². The number of rotatable bonds is 8. The maximum Gasteiger partial charge on any atom is 0.307 e. The van der Waals surface area contributed by atoms with Crippen molar-refractivity contribution in [3.8, 4) is 0 Å². The van der Waals surface area contributed by atoms with Gasteiger partial charge in [-0.1, -0.05) is 13.8 Å². The molecule has 0 saturated heterocycles. The molecule has 0 aliphatic carbocycles. The summed E-state index contributed by atoms with van der Waals surface area (Å²) in [6.07, 6.45) is 0.924. The van der Waals surface area contributed by atoms with Gasteiger partial charge in [0, 0.05) is 30.8 Å². The van der Waals surface area contributed by atoms with E-state index in [1.54, 1.807) is 4.90 Å². The first kappa shape index (κ1) is 18.6. The molecule has 23 heavy (non-hydrogen) atoms. The van der Waals surface area contributed by atoms with E-state index in [9.17, 15) is 19.7 Å². The first-order valence-electron chi connectivity index (χ1n) is 7.45. The van der Waals surface area contributed by atoms with Crippen LogP contribution in [0.2, 0.25) is 0 Å². The average Bonchev–Trinajstić information content (AvgIpc) is 2.53. The summed E-state index contributed by atoms with van der Waals surface area (Å²) in [5.41, 5.74) is 0.300. The number of benzene rings is 1.